The van der Waals surface area contributed by atoms with Gasteiger partial charge < -0.3 is 4.84 Å². The maximum Gasteiger partial charge on any atom is 0.146 e. The molecule has 0 saturated heterocycles. The summed E-state index contributed by atoms with van der Waals surface area (Å²) < 4.78 is 0. The molecule has 0 saturated carbocycles. The quantitative estimate of drug-likeness (QED) is 0.616. The molecule has 0 unspecified atom stereocenters. The van der Waals surface area contributed by atoms with Gasteiger partial charge in [-0.15, -0.1) is 0 Å². The Hall–Kier alpha value is -0.150. The number of hydrogen-bond donors (Lipinski definition) is 1. The molecular formula is C6H7HfNO. The minimum Gasteiger partial charge on any atom is -0.412 e. The zero-order valence-corrected chi connectivity index (χ0v) is 8.47. The van der Waals surface area contributed by atoms with Gasteiger partial charge in [-0.2, -0.15) is 5.90 Å². The first-order chi connectivity index (χ1) is 3.93. The van der Waals surface area contributed by atoms with Crippen LogP contribution in [0.1, 0.15) is 0 Å². The van der Waals surface area contributed by atoms with E-state index in [1.165, 1.54) is 0 Å². The molecule has 3 heteroatoms. The topological polar surface area (TPSA) is 35.2 Å². The fourth-order valence-electron chi connectivity index (χ4n) is 0.499. The van der Waals surface area contributed by atoms with Crippen LogP contribution >= 0.6 is 0 Å². The van der Waals surface area contributed by atoms with Crippen molar-refractivity contribution in [1.82, 2.24) is 0 Å². The fraction of sp³-hybridized carbons (Fsp3) is 0. The molecule has 0 radical (unpaired) electrons. The number of nitrogens with two attached hydrogens (primary N) is 1. The summed E-state index contributed by atoms with van der Waals surface area (Å²) in [4.78, 5) is 4.41. The Morgan fingerprint density at radius 2 is 1.67 bits per heavy atom. The molecule has 0 aliphatic heterocycles. The Morgan fingerprint density at radius 3 is 2.00 bits per heavy atom. The van der Waals surface area contributed by atoms with E-state index in [-0.39, 0.29) is 25.8 Å². The van der Waals surface area contributed by atoms with E-state index in [1.807, 2.05) is 18.2 Å². The summed E-state index contributed by atoms with van der Waals surface area (Å²) in [5.41, 5.74) is 0. The molecule has 0 aliphatic carbocycles. The van der Waals surface area contributed by atoms with Gasteiger partial charge in [-0.25, -0.2) is 0 Å². The Balaban J connectivity index is 0.000000640. The Morgan fingerprint density at radius 1 is 1.11 bits per heavy atom. The van der Waals surface area contributed by atoms with Crippen molar-refractivity contribution in [2.45, 2.75) is 0 Å². The summed E-state index contributed by atoms with van der Waals surface area (Å²) in [5.74, 6) is 5.54. The van der Waals surface area contributed by atoms with Crippen LogP contribution in [-0.4, -0.2) is 0 Å². The third-order valence-corrected chi connectivity index (χ3v) is 0.879. The molecule has 1 aromatic carbocycles. The summed E-state index contributed by atoms with van der Waals surface area (Å²) >= 11 is 0. The minimum atomic E-state index is 0. The molecule has 0 atom stereocenters. The van der Waals surface area contributed by atoms with E-state index in [0.29, 0.717) is 5.75 Å². The van der Waals surface area contributed by atoms with Gasteiger partial charge >= 0.3 is 0 Å². The van der Waals surface area contributed by atoms with Gasteiger partial charge in [0.2, 0.25) is 0 Å². The van der Waals surface area contributed by atoms with E-state index in [9.17, 15) is 0 Å². The summed E-state index contributed by atoms with van der Waals surface area (Å²) in [6.07, 6.45) is 0. The van der Waals surface area contributed by atoms with Crippen LogP contribution in [0.4, 0.5) is 0 Å². The van der Waals surface area contributed by atoms with Gasteiger partial charge in [-0.3, -0.25) is 0 Å². The molecule has 0 spiro atoms. The molecule has 0 bridgehead atoms. The molecule has 0 heterocycles. The summed E-state index contributed by atoms with van der Waals surface area (Å²) in [6.45, 7) is 0. The van der Waals surface area contributed by atoms with Gasteiger partial charge in [-0.1, -0.05) is 18.2 Å². The van der Waals surface area contributed by atoms with Crippen molar-refractivity contribution in [3.05, 3.63) is 30.3 Å². The third-order valence-electron chi connectivity index (χ3n) is 0.879. The van der Waals surface area contributed by atoms with E-state index in [0.717, 1.165) is 0 Å². The van der Waals surface area contributed by atoms with Crippen molar-refractivity contribution >= 4 is 0 Å². The minimum absolute atomic E-state index is 0. The van der Waals surface area contributed by atoms with Crippen LogP contribution in [0.25, 0.3) is 0 Å². The molecule has 2 N–H and O–H groups in total. The average molecular weight is 288 g/mol. The second-order valence-corrected chi connectivity index (χ2v) is 1.43. The number of benzene rings is 1. The smallest absolute Gasteiger partial charge is 0.146 e. The van der Waals surface area contributed by atoms with Gasteiger partial charge in [0.15, 0.2) is 0 Å². The van der Waals surface area contributed by atoms with E-state index < -0.39 is 0 Å². The predicted octanol–water partition coefficient (Wildman–Crippen LogP) is 0.937. The van der Waals surface area contributed by atoms with Crippen LogP contribution in [0, 0.1) is 0 Å². The number of para-hydroxylation sites is 1. The maximum atomic E-state index is 4.85. The summed E-state index contributed by atoms with van der Waals surface area (Å²) in [5, 5.41) is 0. The SMILES string of the molecule is NOc1ccccc1.[Hf]. The van der Waals surface area contributed by atoms with Gasteiger partial charge in [0.05, 0.1) is 0 Å². The zero-order valence-electron chi connectivity index (χ0n) is 4.87. The number of rotatable bonds is 1. The van der Waals surface area contributed by atoms with Crippen LogP contribution in [-0.2, 0) is 25.8 Å². The summed E-state index contributed by atoms with van der Waals surface area (Å²) in [6, 6.07) is 9.22. The Kier molecular flexibility index (Phi) is 4.62. The Bertz CT molecular complexity index is 154. The monoisotopic (exact) mass is 289 g/mol. The first kappa shape index (κ1) is 8.85. The first-order valence-corrected chi connectivity index (χ1v) is 2.35. The molecule has 0 fully saturated rings. The number of hydrogen-bond acceptors (Lipinski definition) is 2. The molecule has 0 aliphatic rings. The van der Waals surface area contributed by atoms with Crippen molar-refractivity contribution in [2.24, 2.45) is 5.90 Å². The maximum absolute atomic E-state index is 4.85. The van der Waals surface area contributed by atoms with Crippen molar-refractivity contribution in [2.75, 3.05) is 0 Å². The molecule has 46 valence electrons. The Labute approximate surface area is 72.7 Å². The fourth-order valence-corrected chi connectivity index (χ4v) is 0.499. The molecule has 9 heavy (non-hydrogen) atoms. The molecule has 1 rings (SSSR count). The largest absolute Gasteiger partial charge is 0.412 e. The van der Waals surface area contributed by atoms with Crippen LogP contribution < -0.4 is 10.7 Å². The summed E-state index contributed by atoms with van der Waals surface area (Å²) in [7, 11) is 0. The molecule has 2 nitrogen and oxygen atoms in total. The van der Waals surface area contributed by atoms with Crippen LogP contribution in [0.15, 0.2) is 30.3 Å². The van der Waals surface area contributed by atoms with Crippen LogP contribution in [0.3, 0.4) is 0 Å². The molecule has 1 aromatic rings. The van der Waals surface area contributed by atoms with E-state index in [4.69, 9.17) is 5.90 Å². The van der Waals surface area contributed by atoms with E-state index >= 15 is 0 Å². The van der Waals surface area contributed by atoms with E-state index in [1.54, 1.807) is 12.1 Å². The van der Waals surface area contributed by atoms with Gasteiger partial charge in [0.25, 0.3) is 0 Å². The van der Waals surface area contributed by atoms with E-state index in [2.05, 4.69) is 4.84 Å². The third kappa shape index (κ3) is 2.77. The van der Waals surface area contributed by atoms with Crippen molar-refractivity contribution in [3.63, 3.8) is 0 Å². The van der Waals surface area contributed by atoms with Crippen molar-refractivity contribution in [1.29, 1.82) is 0 Å². The van der Waals surface area contributed by atoms with Crippen molar-refractivity contribution < 1.29 is 30.7 Å². The second-order valence-electron chi connectivity index (χ2n) is 1.43. The zero-order chi connectivity index (χ0) is 5.82. The average Bonchev–Trinajstić information content (AvgIpc) is 1.90. The van der Waals surface area contributed by atoms with Gasteiger partial charge in [0.1, 0.15) is 5.75 Å². The van der Waals surface area contributed by atoms with Crippen LogP contribution in [0.5, 0.6) is 5.75 Å². The molecule has 0 aromatic heterocycles. The standard InChI is InChI=1S/C6H7NO.Hf/c7-8-6-4-2-1-3-5-6;/h1-5H,7H2;. The normalized spacial score (nSPS) is 7.67. The first-order valence-electron chi connectivity index (χ1n) is 2.35. The van der Waals surface area contributed by atoms with Crippen molar-refractivity contribution in [3.8, 4) is 5.75 Å². The second kappa shape index (κ2) is 4.70. The van der Waals surface area contributed by atoms with Crippen LogP contribution in [0.2, 0.25) is 0 Å². The molecular weight excluding hydrogens is 281 g/mol. The van der Waals surface area contributed by atoms with Gasteiger partial charge in [-0.05, 0) is 12.1 Å². The predicted molar refractivity (Wildman–Crippen MR) is 31.3 cm³/mol. The van der Waals surface area contributed by atoms with Gasteiger partial charge in [0, 0.05) is 25.8 Å². The molecule has 0 amide bonds.